The first-order valence-corrected chi connectivity index (χ1v) is 6.58. The maximum atomic E-state index is 9.24. The van der Waals surface area contributed by atoms with Crippen LogP contribution in [0.25, 0.3) is 0 Å². The summed E-state index contributed by atoms with van der Waals surface area (Å²) in [7, 11) is 2.15. The molecule has 4 heteroatoms. The summed E-state index contributed by atoms with van der Waals surface area (Å²) < 4.78 is 0. The summed E-state index contributed by atoms with van der Waals surface area (Å²) >= 11 is 6.09. The zero-order chi connectivity index (χ0) is 13.3. The highest BCUT2D eigenvalue weighted by Crippen LogP contribution is 2.29. The average molecular weight is 264 g/mol. The fourth-order valence-corrected chi connectivity index (χ4v) is 2.70. The Morgan fingerprint density at radius 2 is 1.89 bits per heavy atom. The maximum absolute atomic E-state index is 9.24. The Balaban J connectivity index is 2.33. The molecule has 18 heavy (non-hydrogen) atoms. The summed E-state index contributed by atoms with van der Waals surface area (Å²) in [6.07, 6.45) is 0. The molecule has 2 atom stereocenters. The summed E-state index contributed by atoms with van der Waals surface area (Å²) in [6.45, 7) is 6.27. The van der Waals surface area contributed by atoms with Crippen LogP contribution in [0, 0.1) is 11.3 Å². The van der Waals surface area contributed by atoms with E-state index in [0.717, 1.165) is 18.8 Å². The normalized spacial score (nSPS) is 24.9. The molecule has 1 aromatic carbocycles. The van der Waals surface area contributed by atoms with Gasteiger partial charge in [0.05, 0.1) is 16.3 Å². The van der Waals surface area contributed by atoms with Gasteiger partial charge in [0.15, 0.2) is 0 Å². The summed E-state index contributed by atoms with van der Waals surface area (Å²) in [6, 6.07) is 8.82. The predicted octanol–water partition coefficient (Wildman–Crippen LogP) is 2.74. The van der Waals surface area contributed by atoms with Gasteiger partial charge in [-0.15, -0.1) is 0 Å². The largest absolute Gasteiger partial charge is 0.367 e. The number of rotatable bonds is 1. The third kappa shape index (κ3) is 2.31. The number of hydrogen-bond donors (Lipinski definition) is 0. The van der Waals surface area contributed by atoms with E-state index >= 15 is 0 Å². The second-order valence-corrected chi connectivity index (χ2v) is 5.42. The van der Waals surface area contributed by atoms with E-state index in [2.05, 4.69) is 36.8 Å². The van der Waals surface area contributed by atoms with E-state index in [-0.39, 0.29) is 0 Å². The third-order valence-corrected chi connectivity index (χ3v) is 4.12. The van der Waals surface area contributed by atoms with Gasteiger partial charge in [0.1, 0.15) is 6.07 Å². The SMILES string of the molecule is CC1CN(c2cccc(Cl)c2C#N)CC(C)N1C. The van der Waals surface area contributed by atoms with Gasteiger partial charge in [0.2, 0.25) is 0 Å². The molecule has 3 nitrogen and oxygen atoms in total. The molecule has 0 spiro atoms. The van der Waals surface area contributed by atoms with E-state index in [1.165, 1.54) is 0 Å². The molecule has 96 valence electrons. The van der Waals surface area contributed by atoms with Crippen molar-refractivity contribution >= 4 is 17.3 Å². The van der Waals surface area contributed by atoms with Crippen LogP contribution in [0.2, 0.25) is 5.02 Å². The van der Waals surface area contributed by atoms with Crippen molar-refractivity contribution in [3.63, 3.8) is 0 Å². The molecule has 0 N–H and O–H groups in total. The third-order valence-electron chi connectivity index (χ3n) is 3.80. The first kappa shape index (κ1) is 13.2. The highest BCUT2D eigenvalue weighted by Gasteiger charge is 2.28. The van der Waals surface area contributed by atoms with Gasteiger partial charge in [-0.3, -0.25) is 4.90 Å². The van der Waals surface area contributed by atoms with Crippen LogP contribution in [-0.4, -0.2) is 37.1 Å². The predicted molar refractivity (Wildman–Crippen MR) is 75.1 cm³/mol. The van der Waals surface area contributed by atoms with Crippen LogP contribution in [0.4, 0.5) is 5.69 Å². The van der Waals surface area contributed by atoms with E-state index < -0.39 is 0 Å². The van der Waals surface area contributed by atoms with Crippen molar-refractivity contribution in [3.05, 3.63) is 28.8 Å². The van der Waals surface area contributed by atoms with Gasteiger partial charge in [0.25, 0.3) is 0 Å². The second kappa shape index (κ2) is 5.17. The standard InChI is InChI=1S/C14H18ClN3/c1-10-8-18(9-11(2)17(10)3)14-6-4-5-13(15)12(14)7-16/h4-6,10-11H,8-9H2,1-3H3. The number of anilines is 1. The zero-order valence-electron chi connectivity index (χ0n) is 11.0. The Labute approximate surface area is 114 Å². The average Bonchev–Trinajstić information content (AvgIpc) is 2.35. The Hall–Kier alpha value is -1.24. The summed E-state index contributed by atoms with van der Waals surface area (Å²) in [4.78, 5) is 4.63. The van der Waals surface area contributed by atoms with Crippen LogP contribution >= 0.6 is 11.6 Å². The number of likely N-dealkylation sites (N-methyl/N-ethyl adjacent to an activating group) is 1. The maximum Gasteiger partial charge on any atom is 0.103 e. The molecule has 2 rings (SSSR count). The van der Waals surface area contributed by atoms with Gasteiger partial charge in [-0.2, -0.15) is 5.26 Å². The minimum atomic E-state index is 0.472. The minimum absolute atomic E-state index is 0.472. The molecule has 1 saturated heterocycles. The first-order chi connectivity index (χ1) is 8.54. The quantitative estimate of drug-likeness (QED) is 0.781. The molecule has 0 radical (unpaired) electrons. The van der Waals surface area contributed by atoms with Crippen LogP contribution in [0.15, 0.2) is 18.2 Å². The Kier molecular flexibility index (Phi) is 3.79. The van der Waals surface area contributed by atoms with Gasteiger partial charge in [-0.25, -0.2) is 0 Å². The van der Waals surface area contributed by atoms with Crippen LogP contribution in [-0.2, 0) is 0 Å². The first-order valence-electron chi connectivity index (χ1n) is 6.20. The van der Waals surface area contributed by atoms with Crippen LogP contribution in [0.5, 0.6) is 0 Å². The van der Waals surface area contributed by atoms with Gasteiger partial charge in [0, 0.05) is 25.2 Å². The lowest BCUT2D eigenvalue weighted by atomic mass is 10.1. The van der Waals surface area contributed by atoms with E-state index in [4.69, 9.17) is 11.6 Å². The smallest absolute Gasteiger partial charge is 0.103 e. The van der Waals surface area contributed by atoms with E-state index in [1.807, 2.05) is 12.1 Å². The van der Waals surface area contributed by atoms with Crippen molar-refractivity contribution in [1.82, 2.24) is 4.90 Å². The van der Waals surface area contributed by atoms with Crippen LogP contribution in [0.3, 0.4) is 0 Å². The number of benzene rings is 1. The topological polar surface area (TPSA) is 30.3 Å². The van der Waals surface area contributed by atoms with E-state index in [9.17, 15) is 5.26 Å². The Bertz CT molecular complexity index is 468. The van der Waals surface area contributed by atoms with Crippen molar-refractivity contribution in [2.45, 2.75) is 25.9 Å². The van der Waals surface area contributed by atoms with E-state index in [0.29, 0.717) is 22.7 Å². The zero-order valence-corrected chi connectivity index (χ0v) is 11.8. The molecule has 2 unspecified atom stereocenters. The molecule has 0 saturated carbocycles. The van der Waals surface area contributed by atoms with Crippen molar-refractivity contribution in [3.8, 4) is 6.07 Å². The molecule has 1 aromatic rings. The summed E-state index contributed by atoms with van der Waals surface area (Å²) in [5, 5.41) is 9.78. The molecular formula is C14H18ClN3. The molecule has 0 aliphatic carbocycles. The minimum Gasteiger partial charge on any atom is -0.367 e. The lowest BCUT2D eigenvalue weighted by molar-refractivity contribution is 0.170. The molecule has 0 bridgehead atoms. The molecule has 0 aromatic heterocycles. The summed E-state index contributed by atoms with van der Waals surface area (Å²) in [5.74, 6) is 0. The lowest BCUT2D eigenvalue weighted by Crippen LogP contribution is -2.55. The van der Waals surface area contributed by atoms with Crippen molar-refractivity contribution in [2.24, 2.45) is 0 Å². The Morgan fingerprint density at radius 3 is 2.44 bits per heavy atom. The monoisotopic (exact) mass is 263 g/mol. The lowest BCUT2D eigenvalue weighted by Gasteiger charge is -2.43. The van der Waals surface area contributed by atoms with Crippen molar-refractivity contribution in [1.29, 1.82) is 5.26 Å². The highest BCUT2D eigenvalue weighted by molar-refractivity contribution is 6.32. The Morgan fingerprint density at radius 1 is 1.28 bits per heavy atom. The van der Waals surface area contributed by atoms with E-state index in [1.54, 1.807) is 6.07 Å². The number of piperazine rings is 1. The van der Waals surface area contributed by atoms with Gasteiger partial charge < -0.3 is 4.90 Å². The fourth-order valence-electron chi connectivity index (χ4n) is 2.49. The molecule has 1 heterocycles. The number of halogens is 1. The number of nitriles is 1. The molecule has 1 aliphatic rings. The molecular weight excluding hydrogens is 246 g/mol. The molecule has 1 aliphatic heterocycles. The van der Waals surface area contributed by atoms with Gasteiger partial charge in [-0.1, -0.05) is 17.7 Å². The van der Waals surface area contributed by atoms with Gasteiger partial charge >= 0.3 is 0 Å². The van der Waals surface area contributed by atoms with Gasteiger partial charge in [-0.05, 0) is 33.0 Å². The van der Waals surface area contributed by atoms with Crippen molar-refractivity contribution in [2.75, 3.05) is 25.0 Å². The summed E-state index contributed by atoms with van der Waals surface area (Å²) in [5.41, 5.74) is 1.54. The second-order valence-electron chi connectivity index (χ2n) is 5.01. The van der Waals surface area contributed by atoms with Crippen molar-refractivity contribution < 1.29 is 0 Å². The molecule has 1 fully saturated rings. The highest BCUT2D eigenvalue weighted by atomic mass is 35.5. The van der Waals surface area contributed by atoms with Crippen LogP contribution in [0.1, 0.15) is 19.4 Å². The fraction of sp³-hybridized carbons (Fsp3) is 0.500. The molecule has 0 amide bonds. The number of nitrogens with zero attached hydrogens (tertiary/aromatic N) is 3. The van der Waals surface area contributed by atoms with Crippen LogP contribution < -0.4 is 4.90 Å². The number of hydrogen-bond acceptors (Lipinski definition) is 3.